The minimum atomic E-state index is 1.22. The molecule has 0 amide bonds. The van der Waals surface area contributed by atoms with Crippen molar-refractivity contribution >= 4 is 4.49 Å². The molecular formula is C9H12NPd-. The van der Waals surface area contributed by atoms with Gasteiger partial charge in [-0.2, -0.15) is 14.1 Å². The average molecular weight is 241 g/mol. The normalized spacial score (nSPS) is 8.00. The van der Waals surface area contributed by atoms with Crippen molar-refractivity contribution in [1.82, 2.24) is 0 Å². The van der Waals surface area contributed by atoms with Crippen LogP contribution in [0.1, 0.15) is 5.56 Å². The maximum absolute atomic E-state index is 3.50. The zero-order chi connectivity index (χ0) is 8.53. The first kappa shape index (κ1) is 10.7. The van der Waals surface area contributed by atoms with Gasteiger partial charge in [0.25, 0.3) is 0 Å². The van der Waals surface area contributed by atoms with Gasteiger partial charge in [0.1, 0.15) is 0 Å². The number of benzene rings is 1. The van der Waals surface area contributed by atoms with Gasteiger partial charge >= 0.3 is 59.1 Å². The van der Waals surface area contributed by atoms with Crippen LogP contribution in [-0.4, -0.2) is 18.6 Å². The summed E-state index contributed by atoms with van der Waals surface area (Å²) in [5.74, 6) is 0. The van der Waals surface area contributed by atoms with Gasteiger partial charge in [-0.15, -0.1) is 0 Å². The molecule has 11 heavy (non-hydrogen) atoms. The molecule has 0 spiro atoms. The molecule has 0 saturated heterocycles. The summed E-state index contributed by atoms with van der Waals surface area (Å²) in [6.45, 7) is 0. The Hall–Kier alpha value is -0.288. The van der Waals surface area contributed by atoms with Gasteiger partial charge in [0, 0.05) is 0 Å². The molecule has 1 rings (SSSR count). The Morgan fingerprint density at radius 3 is 1.91 bits per heavy atom. The monoisotopic (exact) mass is 240 g/mol. The van der Waals surface area contributed by atoms with Crippen LogP contribution in [0.3, 0.4) is 0 Å². The van der Waals surface area contributed by atoms with E-state index in [0.29, 0.717) is 0 Å². The van der Waals surface area contributed by atoms with Crippen LogP contribution in [0.5, 0.6) is 0 Å². The van der Waals surface area contributed by atoms with Crippen molar-refractivity contribution in [3.05, 3.63) is 41.2 Å². The van der Waals surface area contributed by atoms with Crippen LogP contribution >= 0.6 is 0 Å². The molecule has 0 saturated carbocycles. The molecule has 0 aliphatic heterocycles. The first-order chi connectivity index (χ1) is 5.35. The third-order valence-electron chi connectivity index (χ3n) is 0.905. The molecular weight excluding hydrogens is 229 g/mol. The number of rotatable bonds is 1. The molecule has 2 heteroatoms. The van der Waals surface area contributed by atoms with Crippen molar-refractivity contribution in [3.8, 4) is 0 Å². The fraction of sp³-hybridized carbons (Fsp3) is 0.222. The maximum atomic E-state index is 3.50. The molecule has 1 nitrogen and oxygen atoms in total. The van der Waals surface area contributed by atoms with E-state index >= 15 is 0 Å². The molecule has 0 radical (unpaired) electrons. The van der Waals surface area contributed by atoms with Gasteiger partial charge in [0.15, 0.2) is 0 Å². The van der Waals surface area contributed by atoms with Crippen LogP contribution in [0.4, 0.5) is 0 Å². The quantitative estimate of drug-likeness (QED) is 0.667. The average Bonchev–Trinajstić information content (AvgIpc) is 2.08. The second-order valence-electron chi connectivity index (χ2n) is 1.95. The summed E-state index contributed by atoms with van der Waals surface area (Å²) in [6.07, 6.45) is 0. The van der Waals surface area contributed by atoms with E-state index in [1.807, 2.05) is 34.8 Å². The molecule has 0 aliphatic rings. The Kier molecular flexibility index (Phi) is 7.61. The molecule has 0 N–H and O–H groups in total. The summed E-state index contributed by atoms with van der Waals surface area (Å²) in [5, 5.41) is 3.50. The number of nitrogens with zero attached hydrogens (tertiary/aromatic N) is 1. The number of hydrogen-bond acceptors (Lipinski definition) is 0. The second-order valence-corrected chi connectivity index (χ2v) is 2.40. The predicted octanol–water partition coefficient (Wildman–Crippen LogP) is 2.00. The van der Waals surface area contributed by atoms with Gasteiger partial charge in [0.05, 0.1) is 0 Å². The van der Waals surface area contributed by atoms with Crippen LogP contribution in [0.25, 0.3) is 5.32 Å². The molecule has 1 aromatic carbocycles. The van der Waals surface area contributed by atoms with Gasteiger partial charge in [0.2, 0.25) is 0 Å². The third kappa shape index (κ3) is 6.12. The summed E-state index contributed by atoms with van der Waals surface area (Å²) < 4.78 is 1.93. The summed E-state index contributed by atoms with van der Waals surface area (Å²) >= 11 is 2.99. The van der Waals surface area contributed by atoms with Crippen LogP contribution in [-0.2, 0) is 18.7 Å². The van der Waals surface area contributed by atoms with Gasteiger partial charge in [-0.25, -0.2) is 0 Å². The Bertz CT molecular complexity index is 184. The molecule has 1 aromatic rings. The topological polar surface area (TPSA) is 14.1 Å². The van der Waals surface area contributed by atoms with Crippen LogP contribution in [0.2, 0.25) is 0 Å². The fourth-order valence-electron chi connectivity index (χ4n) is 0.514. The molecule has 0 heterocycles. The van der Waals surface area contributed by atoms with Crippen molar-refractivity contribution < 1.29 is 18.7 Å². The standard InChI is InChI=1S/C7H6.C2H6N.Pd/c1-7-5-3-2-4-6-7;1-3-2;/h1-6H;1-2H3;/q;-1;. The zero-order valence-corrected chi connectivity index (χ0v) is 8.28. The van der Waals surface area contributed by atoms with E-state index in [1.54, 1.807) is 14.1 Å². The third-order valence-corrected chi connectivity index (χ3v) is 1.42. The van der Waals surface area contributed by atoms with Gasteiger partial charge in [-0.3, -0.25) is 0 Å². The SMILES string of the molecule is C[N-]C.[Pd]=[CH]c1ccccc1. The zero-order valence-electron chi connectivity index (χ0n) is 6.73. The Labute approximate surface area is 78.7 Å². The van der Waals surface area contributed by atoms with E-state index in [9.17, 15) is 0 Å². The summed E-state index contributed by atoms with van der Waals surface area (Å²) in [5.41, 5.74) is 1.22. The predicted molar refractivity (Wildman–Crippen MR) is 46.8 cm³/mol. The molecule has 0 aliphatic carbocycles. The van der Waals surface area contributed by atoms with Crippen molar-refractivity contribution in [1.29, 1.82) is 0 Å². The van der Waals surface area contributed by atoms with E-state index in [2.05, 4.69) is 24.1 Å². The molecule has 0 fully saturated rings. The molecule has 0 atom stereocenters. The van der Waals surface area contributed by atoms with Crippen molar-refractivity contribution in [3.63, 3.8) is 0 Å². The molecule has 64 valence electrons. The van der Waals surface area contributed by atoms with E-state index in [4.69, 9.17) is 0 Å². The Morgan fingerprint density at radius 1 is 1.18 bits per heavy atom. The van der Waals surface area contributed by atoms with E-state index in [0.717, 1.165) is 0 Å². The van der Waals surface area contributed by atoms with Crippen LogP contribution in [0, 0.1) is 0 Å². The molecule has 0 unspecified atom stereocenters. The van der Waals surface area contributed by atoms with Crippen LogP contribution < -0.4 is 0 Å². The molecule has 0 aromatic heterocycles. The fourth-order valence-corrected chi connectivity index (χ4v) is 0.813. The van der Waals surface area contributed by atoms with Gasteiger partial charge in [-0.1, -0.05) is 0 Å². The Balaban J connectivity index is 0.000000292. The van der Waals surface area contributed by atoms with E-state index in [1.165, 1.54) is 5.56 Å². The van der Waals surface area contributed by atoms with Gasteiger partial charge < -0.3 is 5.32 Å². The summed E-state index contributed by atoms with van der Waals surface area (Å²) in [6, 6.07) is 10.1. The Morgan fingerprint density at radius 2 is 1.64 bits per heavy atom. The van der Waals surface area contributed by atoms with E-state index in [-0.39, 0.29) is 0 Å². The molecule has 0 bridgehead atoms. The number of hydrogen-bond donors (Lipinski definition) is 0. The summed E-state index contributed by atoms with van der Waals surface area (Å²) in [7, 11) is 3.50. The van der Waals surface area contributed by atoms with Crippen molar-refractivity contribution in [2.24, 2.45) is 0 Å². The second kappa shape index (κ2) is 7.82. The van der Waals surface area contributed by atoms with Gasteiger partial charge in [-0.05, 0) is 0 Å². The first-order valence-corrected chi connectivity index (χ1v) is 4.17. The van der Waals surface area contributed by atoms with E-state index < -0.39 is 0 Å². The first-order valence-electron chi connectivity index (χ1n) is 3.28. The van der Waals surface area contributed by atoms with Crippen molar-refractivity contribution in [2.75, 3.05) is 14.1 Å². The van der Waals surface area contributed by atoms with Crippen molar-refractivity contribution in [2.45, 2.75) is 0 Å². The van der Waals surface area contributed by atoms with Crippen LogP contribution in [0.15, 0.2) is 30.3 Å². The minimum absolute atomic E-state index is 1.22. The summed E-state index contributed by atoms with van der Waals surface area (Å²) in [4.78, 5) is 0.